The van der Waals surface area contributed by atoms with Crippen LogP contribution in [0.4, 0.5) is 0 Å². The molecule has 0 amide bonds. The van der Waals surface area contributed by atoms with Gasteiger partial charge < -0.3 is 10.5 Å². The second kappa shape index (κ2) is 5.53. The topological polar surface area (TPSA) is 35.2 Å². The van der Waals surface area contributed by atoms with Gasteiger partial charge in [-0.15, -0.1) is 0 Å². The Bertz CT molecular complexity index is 750. The van der Waals surface area contributed by atoms with E-state index in [0.29, 0.717) is 17.3 Å². The highest BCUT2D eigenvalue weighted by atomic mass is 35.5. The fourth-order valence-corrected chi connectivity index (χ4v) is 2.42. The van der Waals surface area contributed by atoms with Crippen LogP contribution in [-0.4, -0.2) is 0 Å². The van der Waals surface area contributed by atoms with Gasteiger partial charge in [-0.1, -0.05) is 54.1 Å². The first-order chi connectivity index (χ1) is 9.78. The fraction of sp³-hybridized carbons (Fsp3) is 0.0588. The summed E-state index contributed by atoms with van der Waals surface area (Å²) < 4.78 is 5.95. The molecule has 2 N–H and O–H groups in total. The highest BCUT2D eigenvalue weighted by Gasteiger charge is 2.05. The summed E-state index contributed by atoms with van der Waals surface area (Å²) in [4.78, 5) is 0. The van der Waals surface area contributed by atoms with Crippen LogP contribution in [0.2, 0.25) is 5.02 Å². The molecule has 0 radical (unpaired) electrons. The highest BCUT2D eigenvalue weighted by molar-refractivity contribution is 6.31. The maximum atomic E-state index is 6.15. The zero-order valence-corrected chi connectivity index (χ0v) is 11.6. The molecule has 3 aromatic rings. The summed E-state index contributed by atoms with van der Waals surface area (Å²) in [6, 6.07) is 19.7. The Hall–Kier alpha value is -2.03. The maximum absolute atomic E-state index is 6.15. The molecule has 0 saturated heterocycles. The van der Waals surface area contributed by atoms with Crippen LogP contribution in [0.5, 0.6) is 11.5 Å². The molecule has 0 heterocycles. The quantitative estimate of drug-likeness (QED) is 0.753. The number of rotatable bonds is 3. The molecule has 0 aromatic heterocycles. The number of nitrogens with two attached hydrogens (primary N) is 1. The summed E-state index contributed by atoms with van der Waals surface area (Å²) in [5.74, 6) is 1.53. The lowest BCUT2D eigenvalue weighted by molar-refractivity contribution is 0.488. The average Bonchev–Trinajstić information content (AvgIpc) is 2.48. The third-order valence-corrected chi connectivity index (χ3v) is 3.57. The smallest absolute Gasteiger partial charge is 0.135 e. The molecule has 2 nitrogen and oxygen atoms in total. The van der Waals surface area contributed by atoms with Crippen LogP contribution >= 0.6 is 11.6 Å². The van der Waals surface area contributed by atoms with E-state index < -0.39 is 0 Å². The molecule has 3 rings (SSSR count). The number of hydrogen-bond acceptors (Lipinski definition) is 2. The van der Waals surface area contributed by atoms with Crippen molar-refractivity contribution < 1.29 is 4.74 Å². The number of ether oxygens (including phenoxy) is 1. The molecule has 0 spiro atoms. The summed E-state index contributed by atoms with van der Waals surface area (Å²) in [5, 5.41) is 2.86. The van der Waals surface area contributed by atoms with Crippen LogP contribution in [0, 0.1) is 0 Å². The van der Waals surface area contributed by atoms with Gasteiger partial charge in [0.25, 0.3) is 0 Å². The van der Waals surface area contributed by atoms with E-state index in [1.807, 2.05) is 42.5 Å². The summed E-state index contributed by atoms with van der Waals surface area (Å²) in [6.45, 7) is 0.424. The third-order valence-electron chi connectivity index (χ3n) is 3.22. The van der Waals surface area contributed by atoms with E-state index in [9.17, 15) is 0 Å². The van der Waals surface area contributed by atoms with E-state index >= 15 is 0 Å². The molecule has 0 aliphatic rings. The van der Waals surface area contributed by atoms with Gasteiger partial charge in [0.05, 0.1) is 0 Å². The van der Waals surface area contributed by atoms with Gasteiger partial charge in [-0.25, -0.2) is 0 Å². The van der Waals surface area contributed by atoms with Gasteiger partial charge in [-0.3, -0.25) is 0 Å². The third kappa shape index (κ3) is 2.48. The van der Waals surface area contributed by atoms with Gasteiger partial charge >= 0.3 is 0 Å². The highest BCUT2D eigenvalue weighted by Crippen LogP contribution is 2.31. The fourth-order valence-electron chi connectivity index (χ4n) is 2.17. The standard InChI is InChI=1S/C17H14ClNO/c18-16-10-14(9-8-13(16)11-19)20-17-7-3-5-12-4-1-2-6-15(12)17/h1-10H,11,19H2. The van der Waals surface area contributed by atoms with Crippen LogP contribution in [0.3, 0.4) is 0 Å². The molecular formula is C17H14ClNO. The Kier molecular flexibility index (Phi) is 3.59. The molecular weight excluding hydrogens is 270 g/mol. The van der Waals surface area contributed by atoms with Crippen LogP contribution in [0.25, 0.3) is 10.8 Å². The second-order valence-electron chi connectivity index (χ2n) is 4.54. The normalized spacial score (nSPS) is 10.7. The number of hydrogen-bond donors (Lipinski definition) is 1. The summed E-state index contributed by atoms with van der Waals surface area (Å²) >= 11 is 6.15. The predicted octanol–water partition coefficient (Wildman–Crippen LogP) is 4.74. The van der Waals surface area contributed by atoms with Gasteiger partial charge in [-0.05, 0) is 29.1 Å². The minimum atomic E-state index is 0.424. The number of fused-ring (bicyclic) bond motifs is 1. The van der Waals surface area contributed by atoms with Crippen molar-refractivity contribution in [3.63, 3.8) is 0 Å². The molecule has 0 fully saturated rings. The van der Waals surface area contributed by atoms with Gasteiger partial charge in [-0.2, -0.15) is 0 Å². The van der Waals surface area contributed by atoms with Crippen molar-refractivity contribution in [3.05, 3.63) is 71.2 Å². The number of halogens is 1. The maximum Gasteiger partial charge on any atom is 0.135 e. The SMILES string of the molecule is NCc1ccc(Oc2cccc3ccccc23)cc1Cl. The monoisotopic (exact) mass is 283 g/mol. The summed E-state index contributed by atoms with van der Waals surface area (Å²) in [7, 11) is 0. The molecule has 0 aliphatic carbocycles. The zero-order valence-electron chi connectivity index (χ0n) is 10.8. The lowest BCUT2D eigenvalue weighted by Crippen LogP contribution is -1.97. The van der Waals surface area contributed by atoms with Crippen LogP contribution in [-0.2, 0) is 6.54 Å². The molecule has 3 heteroatoms. The largest absolute Gasteiger partial charge is 0.457 e. The van der Waals surface area contributed by atoms with Crippen LogP contribution < -0.4 is 10.5 Å². The van der Waals surface area contributed by atoms with Gasteiger partial charge in [0, 0.05) is 17.0 Å². The van der Waals surface area contributed by atoms with E-state index in [4.69, 9.17) is 22.1 Å². The lowest BCUT2D eigenvalue weighted by Gasteiger charge is -2.10. The van der Waals surface area contributed by atoms with Crippen molar-refractivity contribution in [3.8, 4) is 11.5 Å². The Morgan fingerprint density at radius 2 is 1.75 bits per heavy atom. The molecule has 0 aliphatic heterocycles. The van der Waals surface area contributed by atoms with Gasteiger partial charge in [0.1, 0.15) is 11.5 Å². The van der Waals surface area contributed by atoms with E-state index in [-0.39, 0.29) is 0 Å². The summed E-state index contributed by atoms with van der Waals surface area (Å²) in [5.41, 5.74) is 6.52. The van der Waals surface area contributed by atoms with E-state index in [1.165, 1.54) is 0 Å². The first kappa shape index (κ1) is 13.0. The van der Waals surface area contributed by atoms with Crippen molar-refractivity contribution in [1.82, 2.24) is 0 Å². The first-order valence-electron chi connectivity index (χ1n) is 6.42. The Labute approximate surface area is 122 Å². The van der Waals surface area contributed by atoms with Gasteiger partial charge in [0.15, 0.2) is 0 Å². The van der Waals surface area contributed by atoms with Crippen molar-refractivity contribution in [2.75, 3.05) is 0 Å². The summed E-state index contributed by atoms with van der Waals surface area (Å²) in [6.07, 6.45) is 0. The Morgan fingerprint density at radius 1 is 0.950 bits per heavy atom. The Morgan fingerprint density at radius 3 is 2.55 bits per heavy atom. The first-order valence-corrected chi connectivity index (χ1v) is 6.80. The molecule has 20 heavy (non-hydrogen) atoms. The second-order valence-corrected chi connectivity index (χ2v) is 4.94. The molecule has 100 valence electrons. The number of benzene rings is 3. The van der Waals surface area contributed by atoms with Crippen LogP contribution in [0.15, 0.2) is 60.7 Å². The van der Waals surface area contributed by atoms with Gasteiger partial charge in [0.2, 0.25) is 0 Å². The van der Waals surface area contributed by atoms with Crippen molar-refractivity contribution >= 4 is 22.4 Å². The molecule has 0 saturated carbocycles. The van der Waals surface area contributed by atoms with Crippen molar-refractivity contribution in [1.29, 1.82) is 0 Å². The zero-order chi connectivity index (χ0) is 13.9. The molecule has 0 bridgehead atoms. The molecule has 0 unspecified atom stereocenters. The average molecular weight is 284 g/mol. The van der Waals surface area contributed by atoms with Crippen LogP contribution in [0.1, 0.15) is 5.56 Å². The molecule has 0 atom stereocenters. The minimum absolute atomic E-state index is 0.424. The van der Waals surface area contributed by atoms with Crippen molar-refractivity contribution in [2.24, 2.45) is 5.73 Å². The van der Waals surface area contributed by atoms with E-state index in [1.54, 1.807) is 6.07 Å². The lowest BCUT2D eigenvalue weighted by atomic mass is 10.1. The van der Waals surface area contributed by atoms with Crippen molar-refractivity contribution in [2.45, 2.75) is 6.54 Å². The minimum Gasteiger partial charge on any atom is -0.457 e. The van der Waals surface area contributed by atoms with E-state index in [0.717, 1.165) is 22.1 Å². The Balaban J connectivity index is 1.99. The molecule has 3 aromatic carbocycles. The van der Waals surface area contributed by atoms with E-state index in [2.05, 4.69) is 12.1 Å². The predicted molar refractivity (Wildman–Crippen MR) is 83.4 cm³/mol.